The summed E-state index contributed by atoms with van der Waals surface area (Å²) in [5.74, 6) is 2.56. The molecule has 0 atom stereocenters. The number of ether oxygens (including phenoxy) is 1. The van der Waals surface area contributed by atoms with Crippen molar-refractivity contribution in [2.45, 2.75) is 33.7 Å². The Hall–Kier alpha value is -2.36. The molecule has 0 unspecified atom stereocenters. The van der Waals surface area contributed by atoms with Gasteiger partial charge in [0.25, 0.3) is 0 Å². The van der Waals surface area contributed by atoms with E-state index in [0.717, 1.165) is 42.7 Å². The lowest BCUT2D eigenvalue weighted by Gasteiger charge is -2.13. The monoisotopic (exact) mass is 508 g/mol. The van der Waals surface area contributed by atoms with Crippen molar-refractivity contribution in [3.05, 3.63) is 59.5 Å². The summed E-state index contributed by atoms with van der Waals surface area (Å²) < 4.78 is 7.90. The van der Waals surface area contributed by atoms with E-state index < -0.39 is 0 Å². The molecule has 0 aliphatic carbocycles. The molecule has 0 aliphatic rings. The van der Waals surface area contributed by atoms with Crippen molar-refractivity contribution in [2.75, 3.05) is 19.7 Å². The number of hydrogen-bond donors (Lipinski definition) is 2. The third-order valence-corrected chi connectivity index (χ3v) is 4.38. The molecule has 0 spiro atoms. The number of pyridine rings is 1. The van der Waals surface area contributed by atoms with Gasteiger partial charge in [-0.05, 0) is 50.5 Å². The molecular formula is C21H29IN6O. The second-order valence-electron chi connectivity index (χ2n) is 6.59. The summed E-state index contributed by atoms with van der Waals surface area (Å²) >= 11 is 0. The van der Waals surface area contributed by atoms with Gasteiger partial charge in [0.1, 0.15) is 12.3 Å². The van der Waals surface area contributed by atoms with Gasteiger partial charge in [-0.3, -0.25) is 4.40 Å². The number of aliphatic imine (C=N–C) groups is 1. The third kappa shape index (κ3) is 6.31. The van der Waals surface area contributed by atoms with Crippen LogP contribution < -0.4 is 15.4 Å². The summed E-state index contributed by atoms with van der Waals surface area (Å²) in [5, 5.41) is 15.0. The molecule has 0 saturated heterocycles. The lowest BCUT2D eigenvalue weighted by atomic mass is 10.1. The fourth-order valence-electron chi connectivity index (χ4n) is 2.97. The van der Waals surface area contributed by atoms with E-state index >= 15 is 0 Å². The zero-order valence-corrected chi connectivity index (χ0v) is 19.5. The van der Waals surface area contributed by atoms with Gasteiger partial charge in [0.05, 0.1) is 6.61 Å². The maximum Gasteiger partial charge on any atom is 0.191 e. The Labute approximate surface area is 189 Å². The summed E-state index contributed by atoms with van der Waals surface area (Å²) in [6.45, 7) is 8.89. The summed E-state index contributed by atoms with van der Waals surface area (Å²) in [6, 6.07) is 12.0. The highest BCUT2D eigenvalue weighted by atomic mass is 127. The van der Waals surface area contributed by atoms with Gasteiger partial charge in [-0.2, -0.15) is 0 Å². The van der Waals surface area contributed by atoms with Gasteiger partial charge < -0.3 is 15.4 Å². The van der Waals surface area contributed by atoms with E-state index in [9.17, 15) is 0 Å². The Morgan fingerprint density at radius 3 is 2.62 bits per heavy atom. The lowest BCUT2D eigenvalue weighted by molar-refractivity contribution is 0.307. The van der Waals surface area contributed by atoms with Crippen LogP contribution in [-0.2, 0) is 6.54 Å². The van der Waals surface area contributed by atoms with Crippen molar-refractivity contribution < 1.29 is 4.74 Å². The zero-order chi connectivity index (χ0) is 19.8. The van der Waals surface area contributed by atoms with Crippen LogP contribution in [0, 0.1) is 13.8 Å². The molecule has 0 radical (unpaired) electrons. The predicted molar refractivity (Wildman–Crippen MR) is 127 cm³/mol. The highest BCUT2D eigenvalue weighted by molar-refractivity contribution is 14.0. The van der Waals surface area contributed by atoms with Crippen molar-refractivity contribution >= 4 is 35.6 Å². The molecule has 0 amide bonds. The van der Waals surface area contributed by atoms with Crippen LogP contribution in [0.4, 0.5) is 0 Å². The number of nitrogens with one attached hydrogen (secondary N) is 2. The van der Waals surface area contributed by atoms with Gasteiger partial charge in [-0.15, -0.1) is 34.2 Å². The molecule has 1 aromatic carbocycles. The van der Waals surface area contributed by atoms with Crippen molar-refractivity contribution in [1.82, 2.24) is 25.2 Å². The maximum atomic E-state index is 5.95. The lowest BCUT2D eigenvalue weighted by Crippen LogP contribution is -2.38. The molecule has 8 heteroatoms. The van der Waals surface area contributed by atoms with Crippen LogP contribution >= 0.6 is 24.0 Å². The quantitative estimate of drug-likeness (QED) is 0.211. The minimum absolute atomic E-state index is 0. The van der Waals surface area contributed by atoms with Gasteiger partial charge >= 0.3 is 0 Å². The molecule has 2 aromatic heterocycles. The number of rotatable bonds is 8. The molecule has 0 saturated carbocycles. The van der Waals surface area contributed by atoms with Crippen molar-refractivity contribution in [1.29, 1.82) is 0 Å². The molecule has 0 fully saturated rings. The second kappa shape index (κ2) is 11.6. The summed E-state index contributed by atoms with van der Waals surface area (Å²) in [7, 11) is 0. The van der Waals surface area contributed by atoms with E-state index in [0.29, 0.717) is 13.2 Å². The first-order chi connectivity index (χ1) is 13.7. The normalized spacial score (nSPS) is 11.2. The number of aromatic nitrogens is 3. The molecule has 3 rings (SSSR count). The largest absolute Gasteiger partial charge is 0.493 e. The predicted octanol–water partition coefficient (Wildman–Crippen LogP) is 3.49. The molecule has 29 heavy (non-hydrogen) atoms. The van der Waals surface area contributed by atoms with Gasteiger partial charge in [0.15, 0.2) is 17.4 Å². The Bertz CT molecular complexity index is 920. The third-order valence-electron chi connectivity index (χ3n) is 4.38. The minimum Gasteiger partial charge on any atom is -0.493 e. The van der Waals surface area contributed by atoms with Crippen LogP contribution in [0.2, 0.25) is 0 Å². The van der Waals surface area contributed by atoms with E-state index in [2.05, 4.69) is 57.9 Å². The average molecular weight is 508 g/mol. The van der Waals surface area contributed by atoms with Gasteiger partial charge in [-0.1, -0.05) is 24.3 Å². The van der Waals surface area contributed by atoms with E-state index in [4.69, 9.17) is 4.74 Å². The molecule has 156 valence electrons. The van der Waals surface area contributed by atoms with E-state index in [-0.39, 0.29) is 24.0 Å². The molecular weight excluding hydrogens is 479 g/mol. The Kier molecular flexibility index (Phi) is 9.17. The van der Waals surface area contributed by atoms with Gasteiger partial charge in [0.2, 0.25) is 0 Å². The first kappa shape index (κ1) is 22.9. The van der Waals surface area contributed by atoms with Crippen molar-refractivity contribution in [3.63, 3.8) is 0 Å². The van der Waals surface area contributed by atoms with E-state index in [1.165, 1.54) is 11.1 Å². The molecule has 0 bridgehead atoms. The minimum atomic E-state index is 0. The number of hydrogen-bond acceptors (Lipinski definition) is 4. The summed E-state index contributed by atoms with van der Waals surface area (Å²) in [6.07, 6.45) is 2.83. The van der Waals surface area contributed by atoms with Crippen LogP contribution in [0.15, 0.2) is 47.6 Å². The van der Waals surface area contributed by atoms with E-state index in [1.807, 2.05) is 35.7 Å². The molecule has 0 aliphatic heterocycles. The van der Waals surface area contributed by atoms with Crippen molar-refractivity contribution in [2.24, 2.45) is 4.99 Å². The number of para-hydroxylation sites is 1. The fourth-order valence-corrected chi connectivity index (χ4v) is 2.97. The number of benzene rings is 1. The first-order valence-electron chi connectivity index (χ1n) is 9.69. The van der Waals surface area contributed by atoms with Crippen LogP contribution in [0.5, 0.6) is 5.75 Å². The van der Waals surface area contributed by atoms with Crippen LogP contribution in [-0.4, -0.2) is 40.3 Å². The van der Waals surface area contributed by atoms with Gasteiger partial charge in [0, 0.05) is 19.3 Å². The number of guanidine groups is 1. The molecule has 2 heterocycles. The Morgan fingerprint density at radius 2 is 1.86 bits per heavy atom. The number of halogens is 1. The van der Waals surface area contributed by atoms with Gasteiger partial charge in [-0.25, -0.2) is 4.99 Å². The molecule has 3 aromatic rings. The standard InChI is InChI=1S/C21H28N6O.HI/c1-4-22-21(24-15-19-26-25-18-11-5-6-13-27(18)19)23-12-8-14-28-20-16(2)9-7-10-17(20)3;/h5-7,9-11,13H,4,8,12,14-15H2,1-3H3,(H2,22,23,24);1H. The zero-order valence-electron chi connectivity index (χ0n) is 17.2. The maximum absolute atomic E-state index is 5.95. The second-order valence-corrected chi connectivity index (χ2v) is 6.59. The fraction of sp³-hybridized carbons (Fsp3) is 0.381. The van der Waals surface area contributed by atoms with E-state index in [1.54, 1.807) is 0 Å². The number of nitrogens with zero attached hydrogens (tertiary/aromatic N) is 4. The highest BCUT2D eigenvalue weighted by Gasteiger charge is 2.05. The molecule has 7 nitrogen and oxygen atoms in total. The summed E-state index contributed by atoms with van der Waals surface area (Å²) in [4.78, 5) is 4.62. The smallest absolute Gasteiger partial charge is 0.191 e. The summed E-state index contributed by atoms with van der Waals surface area (Å²) in [5.41, 5.74) is 3.17. The van der Waals surface area contributed by atoms with Crippen LogP contribution in [0.25, 0.3) is 5.65 Å². The number of aryl methyl sites for hydroxylation is 2. The Morgan fingerprint density at radius 1 is 1.07 bits per heavy atom. The highest BCUT2D eigenvalue weighted by Crippen LogP contribution is 2.22. The van der Waals surface area contributed by atoms with Crippen LogP contribution in [0.3, 0.4) is 0 Å². The van der Waals surface area contributed by atoms with Crippen LogP contribution in [0.1, 0.15) is 30.3 Å². The Balaban J connectivity index is 0.00000300. The number of fused-ring (bicyclic) bond motifs is 1. The molecule has 2 N–H and O–H groups in total. The van der Waals surface area contributed by atoms with Crippen molar-refractivity contribution in [3.8, 4) is 5.75 Å². The topological polar surface area (TPSA) is 75.8 Å². The first-order valence-corrected chi connectivity index (χ1v) is 9.69. The SMILES string of the molecule is CCNC(=NCc1nnc2ccccn12)NCCCOc1c(C)cccc1C.I. The average Bonchev–Trinajstić information content (AvgIpc) is 3.11.